The SMILES string of the molecule is O=C(O)[C@H]1C[C@H]1C(=O)NC1(c2ccc(Cl)cc2)CC1. The second-order valence-corrected chi connectivity index (χ2v) is 5.80. The molecule has 1 amide bonds. The summed E-state index contributed by atoms with van der Waals surface area (Å²) in [6, 6.07) is 7.44. The minimum absolute atomic E-state index is 0.139. The zero-order chi connectivity index (χ0) is 13.6. The Balaban J connectivity index is 1.68. The molecular formula is C14H14ClNO3. The number of halogens is 1. The van der Waals surface area contributed by atoms with Gasteiger partial charge >= 0.3 is 5.97 Å². The fourth-order valence-corrected chi connectivity index (χ4v) is 2.59. The van der Waals surface area contributed by atoms with E-state index in [-0.39, 0.29) is 17.4 Å². The van der Waals surface area contributed by atoms with Crippen molar-refractivity contribution in [3.63, 3.8) is 0 Å². The lowest BCUT2D eigenvalue weighted by Gasteiger charge is -2.18. The molecule has 1 aromatic carbocycles. The van der Waals surface area contributed by atoms with E-state index in [4.69, 9.17) is 16.7 Å². The molecule has 2 aliphatic rings. The molecule has 100 valence electrons. The molecule has 2 saturated carbocycles. The smallest absolute Gasteiger partial charge is 0.307 e. The number of benzene rings is 1. The van der Waals surface area contributed by atoms with Crippen LogP contribution in [0, 0.1) is 11.8 Å². The van der Waals surface area contributed by atoms with Gasteiger partial charge in [-0.05, 0) is 37.0 Å². The van der Waals surface area contributed by atoms with Crippen LogP contribution in [0.1, 0.15) is 24.8 Å². The first kappa shape index (κ1) is 12.5. The lowest BCUT2D eigenvalue weighted by atomic mass is 10.0. The largest absolute Gasteiger partial charge is 0.481 e. The molecule has 2 N–H and O–H groups in total. The Morgan fingerprint density at radius 1 is 1.21 bits per heavy atom. The van der Waals surface area contributed by atoms with Crippen LogP contribution in [0.5, 0.6) is 0 Å². The summed E-state index contributed by atoms with van der Waals surface area (Å²) in [7, 11) is 0. The van der Waals surface area contributed by atoms with Crippen LogP contribution in [0.3, 0.4) is 0 Å². The molecule has 4 nitrogen and oxygen atoms in total. The average Bonchev–Trinajstić information content (AvgIpc) is 3.24. The summed E-state index contributed by atoms with van der Waals surface area (Å²) < 4.78 is 0. The van der Waals surface area contributed by atoms with Gasteiger partial charge in [0, 0.05) is 5.02 Å². The van der Waals surface area contributed by atoms with Crippen LogP contribution in [0.2, 0.25) is 5.02 Å². The first-order valence-electron chi connectivity index (χ1n) is 6.33. The summed E-state index contributed by atoms with van der Waals surface area (Å²) in [5, 5.41) is 12.5. The highest BCUT2D eigenvalue weighted by molar-refractivity contribution is 6.30. The van der Waals surface area contributed by atoms with Gasteiger partial charge in [0.2, 0.25) is 5.91 Å². The molecule has 0 heterocycles. The van der Waals surface area contributed by atoms with E-state index >= 15 is 0 Å². The zero-order valence-electron chi connectivity index (χ0n) is 10.2. The Labute approximate surface area is 115 Å². The number of carbonyl (C=O) groups excluding carboxylic acids is 1. The maximum Gasteiger partial charge on any atom is 0.307 e. The Morgan fingerprint density at radius 2 is 1.84 bits per heavy atom. The van der Waals surface area contributed by atoms with E-state index in [1.165, 1.54) is 0 Å². The van der Waals surface area contributed by atoms with E-state index in [1.807, 2.05) is 12.1 Å². The third kappa shape index (κ3) is 2.32. The van der Waals surface area contributed by atoms with E-state index in [0.717, 1.165) is 18.4 Å². The van der Waals surface area contributed by atoms with Gasteiger partial charge in [0.25, 0.3) is 0 Å². The summed E-state index contributed by atoms with van der Waals surface area (Å²) in [5.74, 6) is -1.88. The highest BCUT2D eigenvalue weighted by atomic mass is 35.5. The first-order chi connectivity index (χ1) is 9.02. The van der Waals surface area contributed by atoms with Crippen molar-refractivity contribution >= 4 is 23.5 Å². The van der Waals surface area contributed by atoms with Crippen molar-refractivity contribution in [2.45, 2.75) is 24.8 Å². The fraction of sp³-hybridized carbons (Fsp3) is 0.429. The molecule has 2 atom stereocenters. The number of carboxylic acid groups (broad SMARTS) is 1. The van der Waals surface area contributed by atoms with E-state index in [2.05, 4.69) is 5.32 Å². The van der Waals surface area contributed by atoms with Crippen molar-refractivity contribution in [3.8, 4) is 0 Å². The highest BCUT2D eigenvalue weighted by Crippen LogP contribution is 2.47. The predicted octanol–water partition coefficient (Wildman–Crippen LogP) is 2.17. The normalized spacial score (nSPS) is 26.6. The summed E-state index contributed by atoms with van der Waals surface area (Å²) in [5.41, 5.74) is 0.741. The van der Waals surface area contributed by atoms with Crippen molar-refractivity contribution in [2.24, 2.45) is 11.8 Å². The molecule has 1 aromatic rings. The standard InChI is InChI=1S/C14H14ClNO3/c15-9-3-1-8(2-4-9)14(5-6-14)16-12(17)10-7-11(10)13(18)19/h1-4,10-11H,5-7H2,(H,16,17)(H,18,19)/t10-,11+/m1/s1. The number of aliphatic carboxylic acids is 1. The third-order valence-electron chi connectivity index (χ3n) is 3.95. The molecule has 5 heteroatoms. The number of hydrogen-bond donors (Lipinski definition) is 2. The minimum Gasteiger partial charge on any atom is -0.481 e. The molecule has 0 aliphatic heterocycles. The van der Waals surface area contributed by atoms with Crippen LogP contribution in [0.15, 0.2) is 24.3 Å². The summed E-state index contributed by atoms with van der Waals surface area (Å²) >= 11 is 5.85. The Hall–Kier alpha value is -1.55. The molecule has 19 heavy (non-hydrogen) atoms. The van der Waals surface area contributed by atoms with Crippen LogP contribution in [0.4, 0.5) is 0 Å². The molecule has 0 unspecified atom stereocenters. The average molecular weight is 280 g/mol. The second-order valence-electron chi connectivity index (χ2n) is 5.37. The van der Waals surface area contributed by atoms with Crippen molar-refractivity contribution in [1.82, 2.24) is 5.32 Å². The first-order valence-corrected chi connectivity index (χ1v) is 6.70. The number of carbonyl (C=O) groups is 2. The number of rotatable bonds is 4. The summed E-state index contributed by atoms with van der Waals surface area (Å²) in [4.78, 5) is 22.8. The number of amides is 1. The van der Waals surface area contributed by atoms with E-state index in [0.29, 0.717) is 11.4 Å². The Kier molecular flexibility index (Phi) is 2.78. The van der Waals surface area contributed by atoms with Crippen molar-refractivity contribution in [1.29, 1.82) is 0 Å². The second kappa shape index (κ2) is 4.23. The van der Waals surface area contributed by atoms with Gasteiger partial charge in [0.15, 0.2) is 0 Å². The van der Waals surface area contributed by atoms with Crippen LogP contribution >= 0.6 is 11.6 Å². The molecule has 0 saturated heterocycles. The van der Waals surface area contributed by atoms with Gasteiger partial charge in [0.1, 0.15) is 0 Å². The molecule has 0 aromatic heterocycles. The molecule has 0 radical (unpaired) electrons. The lowest BCUT2D eigenvalue weighted by molar-refractivity contribution is -0.140. The van der Waals surface area contributed by atoms with Crippen LogP contribution in [0.25, 0.3) is 0 Å². The van der Waals surface area contributed by atoms with Gasteiger partial charge in [-0.3, -0.25) is 9.59 Å². The van der Waals surface area contributed by atoms with E-state index < -0.39 is 11.9 Å². The van der Waals surface area contributed by atoms with E-state index in [1.54, 1.807) is 12.1 Å². The van der Waals surface area contributed by atoms with Gasteiger partial charge in [-0.15, -0.1) is 0 Å². The van der Waals surface area contributed by atoms with Crippen LogP contribution < -0.4 is 5.32 Å². The van der Waals surface area contributed by atoms with Crippen LogP contribution in [-0.4, -0.2) is 17.0 Å². The fourth-order valence-electron chi connectivity index (χ4n) is 2.47. The van der Waals surface area contributed by atoms with Crippen molar-refractivity contribution in [3.05, 3.63) is 34.9 Å². The Bertz CT molecular complexity index is 536. The van der Waals surface area contributed by atoms with Gasteiger partial charge in [-0.2, -0.15) is 0 Å². The quantitative estimate of drug-likeness (QED) is 0.888. The van der Waals surface area contributed by atoms with E-state index in [9.17, 15) is 9.59 Å². The minimum atomic E-state index is -0.878. The third-order valence-corrected chi connectivity index (χ3v) is 4.21. The summed E-state index contributed by atoms with van der Waals surface area (Å²) in [6.07, 6.45) is 2.24. The van der Waals surface area contributed by atoms with Gasteiger partial charge < -0.3 is 10.4 Å². The molecule has 3 rings (SSSR count). The highest BCUT2D eigenvalue weighted by Gasteiger charge is 2.53. The van der Waals surface area contributed by atoms with Gasteiger partial charge in [-0.1, -0.05) is 23.7 Å². The van der Waals surface area contributed by atoms with Crippen molar-refractivity contribution in [2.75, 3.05) is 0 Å². The maximum atomic E-state index is 12.0. The predicted molar refractivity (Wildman–Crippen MR) is 69.7 cm³/mol. The number of carboxylic acids is 1. The monoisotopic (exact) mass is 279 g/mol. The molecule has 2 aliphatic carbocycles. The number of nitrogens with one attached hydrogen (secondary N) is 1. The Morgan fingerprint density at radius 3 is 2.32 bits per heavy atom. The topological polar surface area (TPSA) is 66.4 Å². The van der Waals surface area contributed by atoms with Crippen LogP contribution in [-0.2, 0) is 15.1 Å². The molecule has 2 fully saturated rings. The molecular weight excluding hydrogens is 266 g/mol. The number of hydrogen-bond acceptors (Lipinski definition) is 2. The van der Waals surface area contributed by atoms with Gasteiger partial charge in [0.05, 0.1) is 17.4 Å². The zero-order valence-corrected chi connectivity index (χ0v) is 11.0. The lowest BCUT2D eigenvalue weighted by Crippen LogP contribution is -2.36. The van der Waals surface area contributed by atoms with Crippen molar-refractivity contribution < 1.29 is 14.7 Å². The molecule has 0 bridgehead atoms. The van der Waals surface area contributed by atoms with Gasteiger partial charge in [-0.25, -0.2) is 0 Å². The molecule has 0 spiro atoms. The summed E-state index contributed by atoms with van der Waals surface area (Å²) in [6.45, 7) is 0. The maximum absolute atomic E-state index is 12.0.